The Hall–Kier alpha value is -2.57. The smallest absolute Gasteiger partial charge is 0.387 e. The first-order valence-corrected chi connectivity index (χ1v) is 6.03. The summed E-state index contributed by atoms with van der Waals surface area (Å²) in [5.41, 5.74) is -0.679. The van der Waals surface area contributed by atoms with Gasteiger partial charge in [0.15, 0.2) is 0 Å². The van der Waals surface area contributed by atoms with Gasteiger partial charge in [0, 0.05) is 18.9 Å². The third kappa shape index (κ3) is 3.50. The Balaban J connectivity index is 2.34. The minimum absolute atomic E-state index is 0.0991. The molecule has 1 aromatic carbocycles. The average molecular weight is 295 g/mol. The van der Waals surface area contributed by atoms with E-state index in [1.54, 1.807) is 18.2 Å². The predicted molar refractivity (Wildman–Crippen MR) is 73.2 cm³/mol. The van der Waals surface area contributed by atoms with Crippen LogP contribution in [0.2, 0.25) is 0 Å². The molecule has 21 heavy (non-hydrogen) atoms. The second kappa shape index (κ2) is 5.82. The number of aromatic nitrogens is 1. The fourth-order valence-corrected chi connectivity index (χ4v) is 1.75. The van der Waals surface area contributed by atoms with Crippen molar-refractivity contribution in [3.63, 3.8) is 0 Å². The standard InChI is InChI=1S/C14H12F3N3O/c1-18-11-6-5-9(14(15,16)17)8-10(11)13(21)20-12-4-2-3-7-19-12/h2-8,18H,1H3,(H,19,20,21). The van der Waals surface area contributed by atoms with E-state index in [9.17, 15) is 18.0 Å². The first-order valence-electron chi connectivity index (χ1n) is 6.03. The van der Waals surface area contributed by atoms with Crippen LogP contribution in [0.5, 0.6) is 0 Å². The van der Waals surface area contributed by atoms with Gasteiger partial charge in [-0.3, -0.25) is 4.79 Å². The van der Waals surface area contributed by atoms with Gasteiger partial charge in [0.1, 0.15) is 5.82 Å². The van der Waals surface area contributed by atoms with Crippen LogP contribution < -0.4 is 10.6 Å². The molecule has 1 heterocycles. The lowest BCUT2D eigenvalue weighted by Gasteiger charge is -2.13. The molecule has 0 aliphatic carbocycles. The van der Waals surface area contributed by atoms with Crippen LogP contribution in [0.25, 0.3) is 0 Å². The number of rotatable bonds is 3. The number of carbonyl (C=O) groups excluding carboxylic acids is 1. The maximum absolute atomic E-state index is 12.7. The molecule has 0 atom stereocenters. The SMILES string of the molecule is CNc1ccc(C(F)(F)F)cc1C(=O)Nc1ccccn1. The summed E-state index contributed by atoms with van der Waals surface area (Å²) in [4.78, 5) is 16.0. The van der Waals surface area contributed by atoms with E-state index < -0.39 is 17.6 Å². The molecule has 2 rings (SSSR count). The van der Waals surface area contributed by atoms with Crippen molar-refractivity contribution in [2.24, 2.45) is 0 Å². The summed E-state index contributed by atoms with van der Waals surface area (Å²) < 4.78 is 38.2. The molecule has 0 radical (unpaired) electrons. The fourth-order valence-electron chi connectivity index (χ4n) is 1.75. The third-order valence-corrected chi connectivity index (χ3v) is 2.77. The van der Waals surface area contributed by atoms with Crippen LogP contribution in [0.1, 0.15) is 15.9 Å². The van der Waals surface area contributed by atoms with Crippen LogP contribution in [0.3, 0.4) is 0 Å². The second-order valence-electron chi connectivity index (χ2n) is 4.18. The van der Waals surface area contributed by atoms with E-state index in [2.05, 4.69) is 15.6 Å². The summed E-state index contributed by atoms with van der Waals surface area (Å²) in [6.07, 6.45) is -3.03. The molecule has 1 aromatic heterocycles. The summed E-state index contributed by atoms with van der Waals surface area (Å²) in [7, 11) is 1.53. The van der Waals surface area contributed by atoms with Crippen molar-refractivity contribution in [1.82, 2.24) is 4.98 Å². The van der Waals surface area contributed by atoms with E-state index >= 15 is 0 Å². The van der Waals surface area contributed by atoms with Gasteiger partial charge >= 0.3 is 6.18 Å². The first-order chi connectivity index (χ1) is 9.91. The minimum atomic E-state index is -4.51. The van der Waals surface area contributed by atoms with Crippen LogP contribution in [0, 0.1) is 0 Å². The molecular weight excluding hydrogens is 283 g/mol. The fraction of sp³-hybridized carbons (Fsp3) is 0.143. The summed E-state index contributed by atoms with van der Waals surface area (Å²) in [6, 6.07) is 7.82. The Bertz CT molecular complexity index is 642. The highest BCUT2D eigenvalue weighted by Crippen LogP contribution is 2.32. The number of benzene rings is 1. The highest BCUT2D eigenvalue weighted by Gasteiger charge is 2.31. The number of amides is 1. The van der Waals surface area contributed by atoms with Gasteiger partial charge in [-0.1, -0.05) is 6.07 Å². The zero-order chi connectivity index (χ0) is 15.5. The zero-order valence-corrected chi connectivity index (χ0v) is 11.0. The molecule has 1 amide bonds. The van der Waals surface area contributed by atoms with Crippen LogP contribution in [-0.2, 0) is 6.18 Å². The molecule has 0 saturated carbocycles. The van der Waals surface area contributed by atoms with Crippen LogP contribution in [0.15, 0.2) is 42.6 Å². The molecule has 110 valence electrons. The molecule has 0 unspecified atom stereocenters. The van der Waals surface area contributed by atoms with E-state index in [0.29, 0.717) is 5.69 Å². The Morgan fingerprint density at radius 2 is 1.95 bits per heavy atom. The molecule has 7 heteroatoms. The largest absolute Gasteiger partial charge is 0.416 e. The molecule has 2 N–H and O–H groups in total. The number of alkyl halides is 3. The lowest BCUT2D eigenvalue weighted by molar-refractivity contribution is -0.137. The van der Waals surface area contributed by atoms with E-state index in [0.717, 1.165) is 12.1 Å². The monoisotopic (exact) mass is 295 g/mol. The van der Waals surface area contributed by atoms with Crippen LogP contribution >= 0.6 is 0 Å². The van der Waals surface area contributed by atoms with Gasteiger partial charge in [0.2, 0.25) is 0 Å². The predicted octanol–water partition coefficient (Wildman–Crippen LogP) is 3.39. The summed E-state index contributed by atoms with van der Waals surface area (Å²) >= 11 is 0. The zero-order valence-electron chi connectivity index (χ0n) is 11.0. The molecule has 0 aliphatic heterocycles. The van der Waals surface area contributed by atoms with E-state index in [-0.39, 0.29) is 11.4 Å². The molecule has 4 nitrogen and oxygen atoms in total. The third-order valence-electron chi connectivity index (χ3n) is 2.77. The topological polar surface area (TPSA) is 54.0 Å². The summed E-state index contributed by atoms with van der Waals surface area (Å²) in [6.45, 7) is 0. The van der Waals surface area contributed by atoms with Gasteiger partial charge in [0.25, 0.3) is 5.91 Å². The first kappa shape index (κ1) is 14.8. The summed E-state index contributed by atoms with van der Waals surface area (Å²) in [5.74, 6) is -0.397. The van der Waals surface area contributed by atoms with Crippen molar-refractivity contribution in [2.45, 2.75) is 6.18 Å². The van der Waals surface area contributed by atoms with E-state index in [1.807, 2.05) is 0 Å². The molecule has 0 aliphatic rings. The number of nitrogens with zero attached hydrogens (tertiary/aromatic N) is 1. The average Bonchev–Trinajstić information content (AvgIpc) is 2.46. The normalized spacial score (nSPS) is 11.0. The number of pyridine rings is 1. The maximum atomic E-state index is 12.7. The number of anilines is 2. The van der Waals surface area contributed by atoms with Gasteiger partial charge < -0.3 is 10.6 Å². The molecule has 2 aromatic rings. The van der Waals surface area contributed by atoms with Crippen LogP contribution in [-0.4, -0.2) is 17.9 Å². The molecular formula is C14H12F3N3O. The number of hydrogen-bond donors (Lipinski definition) is 2. The highest BCUT2D eigenvalue weighted by atomic mass is 19.4. The molecule has 0 spiro atoms. The lowest BCUT2D eigenvalue weighted by atomic mass is 10.1. The number of halogens is 3. The Morgan fingerprint density at radius 1 is 1.19 bits per heavy atom. The van der Waals surface area contributed by atoms with E-state index in [1.165, 1.54) is 19.3 Å². The second-order valence-corrected chi connectivity index (χ2v) is 4.18. The van der Waals surface area contributed by atoms with Gasteiger partial charge in [0.05, 0.1) is 11.1 Å². The molecule has 0 fully saturated rings. The van der Waals surface area contributed by atoms with Crippen molar-refractivity contribution in [3.8, 4) is 0 Å². The Kier molecular flexibility index (Phi) is 4.11. The minimum Gasteiger partial charge on any atom is -0.387 e. The van der Waals surface area contributed by atoms with E-state index in [4.69, 9.17) is 0 Å². The van der Waals surface area contributed by atoms with Gasteiger partial charge in [-0.05, 0) is 30.3 Å². The van der Waals surface area contributed by atoms with Crippen molar-refractivity contribution >= 4 is 17.4 Å². The van der Waals surface area contributed by atoms with Gasteiger partial charge in [-0.15, -0.1) is 0 Å². The molecule has 0 saturated heterocycles. The van der Waals surface area contributed by atoms with Crippen LogP contribution in [0.4, 0.5) is 24.7 Å². The molecule has 0 bridgehead atoms. The maximum Gasteiger partial charge on any atom is 0.416 e. The number of carbonyl (C=O) groups is 1. The highest BCUT2D eigenvalue weighted by molar-refractivity contribution is 6.07. The van der Waals surface area contributed by atoms with Gasteiger partial charge in [-0.2, -0.15) is 13.2 Å². The lowest BCUT2D eigenvalue weighted by Crippen LogP contribution is -2.16. The Labute approximate surface area is 119 Å². The van der Waals surface area contributed by atoms with Gasteiger partial charge in [-0.25, -0.2) is 4.98 Å². The van der Waals surface area contributed by atoms with Crippen molar-refractivity contribution in [3.05, 3.63) is 53.7 Å². The van der Waals surface area contributed by atoms with Crippen molar-refractivity contribution in [2.75, 3.05) is 17.7 Å². The van der Waals surface area contributed by atoms with Crippen molar-refractivity contribution in [1.29, 1.82) is 0 Å². The number of nitrogens with one attached hydrogen (secondary N) is 2. The summed E-state index contributed by atoms with van der Waals surface area (Å²) in [5, 5.41) is 5.15. The van der Waals surface area contributed by atoms with Crippen molar-refractivity contribution < 1.29 is 18.0 Å². The quantitative estimate of drug-likeness (QED) is 0.912. The number of hydrogen-bond acceptors (Lipinski definition) is 3. The Morgan fingerprint density at radius 3 is 2.52 bits per heavy atom.